The van der Waals surface area contributed by atoms with Gasteiger partial charge in [0.2, 0.25) is 0 Å². The Morgan fingerprint density at radius 2 is 2.14 bits per heavy atom. The molecular weight excluding hydrogens is 299 g/mol. The van der Waals surface area contributed by atoms with E-state index in [-0.39, 0.29) is 0 Å². The molecule has 0 aromatic carbocycles. The van der Waals surface area contributed by atoms with Gasteiger partial charge in [-0.3, -0.25) is 0 Å². The number of pyridine rings is 1. The van der Waals surface area contributed by atoms with Gasteiger partial charge in [-0.2, -0.15) is 0 Å². The van der Waals surface area contributed by atoms with Crippen LogP contribution in [0.5, 0.6) is 0 Å². The van der Waals surface area contributed by atoms with Gasteiger partial charge in [-0.05, 0) is 31.9 Å². The maximum Gasteiger partial charge on any atom is 0.383 e. The summed E-state index contributed by atoms with van der Waals surface area (Å²) >= 11 is 2.93. The number of hydrogen-bond acceptors (Lipinski definition) is 5. The van der Waals surface area contributed by atoms with Gasteiger partial charge in [0.15, 0.2) is 11.1 Å². The summed E-state index contributed by atoms with van der Waals surface area (Å²) in [4.78, 5) is 12.2. The highest BCUT2D eigenvalue weighted by atomic mass is 79.9. The van der Waals surface area contributed by atoms with Crippen LogP contribution in [-0.2, 0) is 9.05 Å². The van der Waals surface area contributed by atoms with Crippen LogP contribution in [0.15, 0.2) is 21.6 Å². The zero-order chi connectivity index (χ0) is 10.9. The highest BCUT2D eigenvalue weighted by Gasteiger charge is 2.25. The van der Waals surface area contributed by atoms with Crippen molar-refractivity contribution in [3.05, 3.63) is 26.9 Å². The van der Waals surface area contributed by atoms with E-state index >= 15 is 0 Å². The fourth-order valence-electron chi connectivity index (χ4n) is 0.730. The van der Waals surface area contributed by atoms with Crippen LogP contribution >= 0.6 is 26.6 Å². The van der Waals surface area contributed by atoms with Crippen LogP contribution in [-0.4, -0.2) is 18.3 Å². The molecule has 1 heterocycles. The van der Waals surface area contributed by atoms with Gasteiger partial charge in [0.05, 0.1) is 4.47 Å². The second-order valence-electron chi connectivity index (χ2n) is 2.17. The lowest BCUT2D eigenvalue weighted by atomic mass is 10.5. The van der Waals surface area contributed by atoms with Crippen LogP contribution in [0, 0.1) is 10.1 Å². The van der Waals surface area contributed by atoms with Crippen molar-refractivity contribution in [2.45, 2.75) is 4.90 Å². The lowest BCUT2D eigenvalue weighted by Gasteiger charge is -1.97. The van der Waals surface area contributed by atoms with Gasteiger partial charge in [-0.1, -0.05) is 0 Å². The summed E-state index contributed by atoms with van der Waals surface area (Å²) in [5.41, 5.74) is 0. The summed E-state index contributed by atoms with van der Waals surface area (Å²) in [7, 11) is 0.824. The van der Waals surface area contributed by atoms with Crippen molar-refractivity contribution in [2.75, 3.05) is 0 Å². The molecule has 0 aliphatic rings. The van der Waals surface area contributed by atoms with Crippen LogP contribution in [0.3, 0.4) is 0 Å². The van der Waals surface area contributed by atoms with Gasteiger partial charge in [0.1, 0.15) is 0 Å². The van der Waals surface area contributed by atoms with Crippen molar-refractivity contribution >= 4 is 41.5 Å². The minimum absolute atomic E-state index is 0.294. The summed E-state index contributed by atoms with van der Waals surface area (Å²) in [5, 5.41) is 10.4. The van der Waals surface area contributed by atoms with Crippen molar-refractivity contribution in [1.82, 2.24) is 4.98 Å². The third kappa shape index (κ3) is 2.40. The van der Waals surface area contributed by atoms with Crippen molar-refractivity contribution in [1.29, 1.82) is 0 Å². The van der Waals surface area contributed by atoms with Gasteiger partial charge in [0, 0.05) is 10.7 Å². The SMILES string of the molecule is O=[N+]([O-])c1ncc(Br)cc1S(=O)(=O)Cl. The maximum atomic E-state index is 10.9. The van der Waals surface area contributed by atoms with E-state index in [1.165, 1.54) is 0 Å². The summed E-state index contributed by atoms with van der Waals surface area (Å²) in [5.74, 6) is -0.789. The number of nitro groups is 1. The first-order valence-electron chi connectivity index (χ1n) is 3.07. The van der Waals surface area contributed by atoms with Crippen LogP contribution in [0.25, 0.3) is 0 Å². The fourth-order valence-corrected chi connectivity index (χ4v) is 2.17. The van der Waals surface area contributed by atoms with Crippen LogP contribution in [0.1, 0.15) is 0 Å². The molecule has 1 rings (SSSR count). The molecule has 0 N–H and O–H groups in total. The van der Waals surface area contributed by atoms with E-state index in [2.05, 4.69) is 20.9 Å². The molecule has 0 fully saturated rings. The van der Waals surface area contributed by atoms with Crippen molar-refractivity contribution < 1.29 is 13.3 Å². The third-order valence-electron chi connectivity index (χ3n) is 1.24. The monoisotopic (exact) mass is 300 g/mol. The summed E-state index contributed by atoms with van der Waals surface area (Å²) in [6.07, 6.45) is 1.11. The molecule has 0 saturated heterocycles. The number of hydrogen-bond donors (Lipinski definition) is 0. The van der Waals surface area contributed by atoms with E-state index in [1.807, 2.05) is 0 Å². The average Bonchev–Trinajstić information content (AvgIpc) is 2.01. The molecule has 0 saturated carbocycles. The highest BCUT2D eigenvalue weighted by Crippen LogP contribution is 2.26. The molecule has 1 aromatic heterocycles. The van der Waals surface area contributed by atoms with E-state index in [9.17, 15) is 18.5 Å². The van der Waals surface area contributed by atoms with Crippen LogP contribution in [0.4, 0.5) is 5.82 Å². The Balaban J connectivity index is 3.54. The van der Waals surface area contributed by atoms with Crippen LogP contribution in [0.2, 0.25) is 0 Å². The first-order chi connectivity index (χ1) is 6.32. The van der Waals surface area contributed by atoms with Crippen molar-refractivity contribution in [3.63, 3.8) is 0 Å². The minimum atomic E-state index is -4.16. The number of aromatic nitrogens is 1. The van der Waals surface area contributed by atoms with Gasteiger partial charge in [0.25, 0.3) is 9.05 Å². The highest BCUT2D eigenvalue weighted by molar-refractivity contribution is 9.10. The second-order valence-corrected chi connectivity index (χ2v) is 5.62. The lowest BCUT2D eigenvalue weighted by Crippen LogP contribution is -2.01. The lowest BCUT2D eigenvalue weighted by molar-refractivity contribution is -0.392. The Bertz CT molecular complexity index is 489. The molecule has 6 nitrogen and oxygen atoms in total. The Labute approximate surface area is 91.6 Å². The van der Waals surface area contributed by atoms with Gasteiger partial charge in [-0.15, -0.1) is 0 Å². The van der Waals surface area contributed by atoms with Crippen LogP contribution < -0.4 is 0 Å². The van der Waals surface area contributed by atoms with Gasteiger partial charge in [-0.25, -0.2) is 8.42 Å². The second kappa shape index (κ2) is 3.79. The molecule has 9 heteroatoms. The Hall–Kier alpha value is -0.730. The topological polar surface area (TPSA) is 90.2 Å². The summed E-state index contributed by atoms with van der Waals surface area (Å²) < 4.78 is 22.1. The number of nitrogens with zero attached hydrogens (tertiary/aromatic N) is 2. The molecule has 76 valence electrons. The average molecular weight is 302 g/mol. The first kappa shape index (κ1) is 11.3. The zero-order valence-corrected chi connectivity index (χ0v) is 9.50. The Kier molecular flexibility index (Phi) is 3.07. The first-order valence-corrected chi connectivity index (χ1v) is 6.17. The third-order valence-corrected chi connectivity index (χ3v) is 2.99. The molecule has 0 atom stereocenters. The smallest absolute Gasteiger partial charge is 0.358 e. The molecule has 0 radical (unpaired) electrons. The summed E-state index contributed by atoms with van der Waals surface area (Å²) in [6.45, 7) is 0. The molecule has 0 aliphatic heterocycles. The predicted molar refractivity (Wildman–Crippen MR) is 51.6 cm³/mol. The van der Waals surface area contributed by atoms with Gasteiger partial charge < -0.3 is 10.1 Å². The predicted octanol–water partition coefficient (Wildman–Crippen LogP) is 1.68. The molecule has 1 aromatic rings. The molecular formula is C5H2BrClN2O4S. The molecule has 0 unspecified atom stereocenters. The number of halogens is 2. The largest absolute Gasteiger partial charge is 0.383 e. The quantitative estimate of drug-likeness (QED) is 0.471. The van der Waals surface area contributed by atoms with Crippen molar-refractivity contribution in [3.8, 4) is 0 Å². The molecule has 0 amide bonds. The van der Waals surface area contributed by atoms with E-state index in [4.69, 9.17) is 10.7 Å². The fraction of sp³-hybridized carbons (Fsp3) is 0. The molecule has 14 heavy (non-hydrogen) atoms. The van der Waals surface area contributed by atoms with Gasteiger partial charge >= 0.3 is 5.82 Å². The molecule has 0 spiro atoms. The van der Waals surface area contributed by atoms with E-state index in [0.29, 0.717) is 4.47 Å². The standard InChI is InChI=1S/C5H2BrClN2O4S/c6-3-1-4(14(7,12)13)5(8-2-3)9(10)11/h1-2H. The number of rotatable bonds is 2. The van der Waals surface area contributed by atoms with Crippen molar-refractivity contribution in [2.24, 2.45) is 0 Å². The normalized spacial score (nSPS) is 11.3. The van der Waals surface area contributed by atoms with E-state index in [1.54, 1.807) is 0 Å². The Morgan fingerprint density at radius 3 is 2.57 bits per heavy atom. The minimum Gasteiger partial charge on any atom is -0.358 e. The zero-order valence-electron chi connectivity index (χ0n) is 6.35. The van der Waals surface area contributed by atoms with E-state index < -0.39 is 24.7 Å². The van der Waals surface area contributed by atoms with E-state index in [0.717, 1.165) is 12.3 Å². The molecule has 0 aliphatic carbocycles. The Morgan fingerprint density at radius 1 is 1.57 bits per heavy atom. The molecule has 0 bridgehead atoms. The summed E-state index contributed by atoms with van der Waals surface area (Å²) in [6, 6.07) is 1.02. The maximum absolute atomic E-state index is 10.9.